The first-order valence-corrected chi connectivity index (χ1v) is 7.14. The van der Waals surface area contributed by atoms with Gasteiger partial charge in [0, 0.05) is 6.04 Å². The third kappa shape index (κ3) is 3.21. The standard InChI is InChI=1S/C16H25NO2/c1-11(2)14-10-16(19-4)15(18-3)9-12(14)8-13-6-5-7-17-13/h9-11,13,17H,5-8H2,1-4H3. The SMILES string of the molecule is COc1cc(CC2CCCN2)c(C(C)C)cc1OC. The Morgan fingerprint density at radius 2 is 1.89 bits per heavy atom. The molecule has 0 aliphatic carbocycles. The van der Waals surface area contributed by atoms with Gasteiger partial charge in [0.05, 0.1) is 14.2 Å². The second-order valence-corrected chi connectivity index (χ2v) is 5.56. The summed E-state index contributed by atoms with van der Waals surface area (Å²) >= 11 is 0. The molecule has 1 heterocycles. The fourth-order valence-corrected chi connectivity index (χ4v) is 2.85. The number of hydrogen-bond donors (Lipinski definition) is 1. The maximum atomic E-state index is 5.43. The second-order valence-electron chi connectivity index (χ2n) is 5.56. The predicted molar refractivity (Wildman–Crippen MR) is 78.4 cm³/mol. The number of benzene rings is 1. The Hall–Kier alpha value is -1.22. The van der Waals surface area contributed by atoms with Crippen molar-refractivity contribution in [3.8, 4) is 11.5 Å². The van der Waals surface area contributed by atoms with Crippen molar-refractivity contribution >= 4 is 0 Å². The van der Waals surface area contributed by atoms with Crippen molar-refractivity contribution in [3.63, 3.8) is 0 Å². The minimum atomic E-state index is 0.496. The van der Waals surface area contributed by atoms with E-state index in [1.807, 2.05) is 0 Å². The highest BCUT2D eigenvalue weighted by molar-refractivity contribution is 5.48. The maximum absolute atomic E-state index is 5.43. The molecule has 0 bridgehead atoms. The molecule has 1 aliphatic heterocycles. The minimum Gasteiger partial charge on any atom is -0.493 e. The Balaban J connectivity index is 2.32. The molecule has 1 aromatic rings. The Kier molecular flexibility index (Phi) is 4.70. The molecule has 19 heavy (non-hydrogen) atoms. The normalized spacial score (nSPS) is 18.9. The first kappa shape index (κ1) is 14.2. The average molecular weight is 263 g/mol. The summed E-state index contributed by atoms with van der Waals surface area (Å²) in [4.78, 5) is 0. The van der Waals surface area contributed by atoms with E-state index >= 15 is 0 Å². The fraction of sp³-hybridized carbons (Fsp3) is 0.625. The van der Waals surface area contributed by atoms with Gasteiger partial charge in [0.1, 0.15) is 0 Å². The topological polar surface area (TPSA) is 30.5 Å². The van der Waals surface area contributed by atoms with Gasteiger partial charge < -0.3 is 14.8 Å². The molecular weight excluding hydrogens is 238 g/mol. The molecule has 106 valence electrons. The van der Waals surface area contributed by atoms with Crippen LogP contribution in [0.4, 0.5) is 0 Å². The van der Waals surface area contributed by atoms with E-state index in [2.05, 4.69) is 31.3 Å². The first-order chi connectivity index (χ1) is 9.15. The molecule has 1 N–H and O–H groups in total. The van der Waals surface area contributed by atoms with E-state index in [0.717, 1.165) is 24.5 Å². The van der Waals surface area contributed by atoms with Gasteiger partial charge in [0.15, 0.2) is 11.5 Å². The monoisotopic (exact) mass is 263 g/mol. The highest BCUT2D eigenvalue weighted by atomic mass is 16.5. The molecule has 1 saturated heterocycles. The van der Waals surface area contributed by atoms with E-state index in [1.165, 1.54) is 24.0 Å². The third-order valence-electron chi connectivity index (χ3n) is 3.90. The molecule has 1 aliphatic rings. The van der Waals surface area contributed by atoms with Crippen molar-refractivity contribution in [2.45, 2.75) is 45.1 Å². The van der Waals surface area contributed by atoms with Crippen molar-refractivity contribution in [2.75, 3.05) is 20.8 Å². The van der Waals surface area contributed by atoms with Gasteiger partial charge in [-0.25, -0.2) is 0 Å². The van der Waals surface area contributed by atoms with E-state index in [9.17, 15) is 0 Å². The van der Waals surface area contributed by atoms with Crippen LogP contribution < -0.4 is 14.8 Å². The third-order valence-corrected chi connectivity index (χ3v) is 3.90. The Morgan fingerprint density at radius 1 is 1.21 bits per heavy atom. The van der Waals surface area contributed by atoms with Crippen molar-refractivity contribution in [1.82, 2.24) is 5.32 Å². The molecule has 3 nitrogen and oxygen atoms in total. The average Bonchev–Trinajstić information content (AvgIpc) is 2.90. The zero-order chi connectivity index (χ0) is 13.8. The molecule has 1 aromatic carbocycles. The van der Waals surface area contributed by atoms with Crippen LogP contribution in [-0.2, 0) is 6.42 Å². The highest BCUT2D eigenvalue weighted by Gasteiger charge is 2.19. The van der Waals surface area contributed by atoms with E-state index in [1.54, 1.807) is 14.2 Å². The molecule has 2 rings (SSSR count). The zero-order valence-corrected chi connectivity index (χ0v) is 12.5. The van der Waals surface area contributed by atoms with Crippen LogP contribution in [0.1, 0.15) is 43.7 Å². The summed E-state index contributed by atoms with van der Waals surface area (Å²) in [7, 11) is 3.39. The summed E-state index contributed by atoms with van der Waals surface area (Å²) in [5, 5.41) is 3.57. The number of methoxy groups -OCH3 is 2. The Bertz CT molecular complexity index is 423. The lowest BCUT2D eigenvalue weighted by atomic mass is 9.92. The largest absolute Gasteiger partial charge is 0.493 e. The van der Waals surface area contributed by atoms with E-state index in [4.69, 9.17) is 9.47 Å². The number of hydrogen-bond acceptors (Lipinski definition) is 3. The van der Waals surface area contributed by atoms with Crippen molar-refractivity contribution in [3.05, 3.63) is 23.3 Å². The lowest BCUT2D eigenvalue weighted by Gasteiger charge is -2.19. The van der Waals surface area contributed by atoms with Crippen LogP contribution in [0.25, 0.3) is 0 Å². The summed E-state index contributed by atoms with van der Waals surface area (Å²) in [6.45, 7) is 5.61. The van der Waals surface area contributed by atoms with Gasteiger partial charge >= 0.3 is 0 Å². The molecule has 1 unspecified atom stereocenters. The predicted octanol–water partition coefficient (Wildman–Crippen LogP) is 3.12. The molecule has 0 amide bonds. The molecule has 1 fully saturated rings. The second kappa shape index (κ2) is 6.29. The number of nitrogens with one attached hydrogen (secondary N) is 1. The molecule has 0 aromatic heterocycles. The minimum absolute atomic E-state index is 0.496. The van der Waals surface area contributed by atoms with Crippen LogP contribution in [0, 0.1) is 0 Å². The lowest BCUT2D eigenvalue weighted by molar-refractivity contribution is 0.353. The van der Waals surface area contributed by atoms with Gasteiger partial charge in [-0.1, -0.05) is 13.8 Å². The van der Waals surface area contributed by atoms with E-state index < -0.39 is 0 Å². The molecule has 0 saturated carbocycles. The number of ether oxygens (including phenoxy) is 2. The van der Waals surface area contributed by atoms with Gasteiger partial charge in [-0.05, 0) is 55.0 Å². The highest BCUT2D eigenvalue weighted by Crippen LogP contribution is 2.34. The quantitative estimate of drug-likeness (QED) is 0.885. The van der Waals surface area contributed by atoms with Crippen molar-refractivity contribution in [1.29, 1.82) is 0 Å². The first-order valence-electron chi connectivity index (χ1n) is 7.14. The molecule has 1 atom stereocenters. The Labute approximate surface area is 116 Å². The van der Waals surface area contributed by atoms with Crippen LogP contribution in [0.5, 0.6) is 11.5 Å². The molecule has 0 spiro atoms. The van der Waals surface area contributed by atoms with Crippen LogP contribution in [0.3, 0.4) is 0 Å². The smallest absolute Gasteiger partial charge is 0.161 e. The molecular formula is C16H25NO2. The van der Waals surface area contributed by atoms with Gasteiger partial charge in [-0.2, -0.15) is 0 Å². The van der Waals surface area contributed by atoms with Crippen molar-refractivity contribution < 1.29 is 9.47 Å². The van der Waals surface area contributed by atoms with Crippen LogP contribution >= 0.6 is 0 Å². The summed E-state index contributed by atoms with van der Waals surface area (Å²) < 4.78 is 10.8. The molecule has 0 radical (unpaired) electrons. The van der Waals surface area contributed by atoms with Crippen LogP contribution in [0.15, 0.2) is 12.1 Å². The van der Waals surface area contributed by atoms with Crippen molar-refractivity contribution in [2.24, 2.45) is 0 Å². The van der Waals surface area contributed by atoms with E-state index in [-0.39, 0.29) is 0 Å². The summed E-state index contributed by atoms with van der Waals surface area (Å²) in [6, 6.07) is 4.89. The number of rotatable bonds is 5. The van der Waals surface area contributed by atoms with Crippen LogP contribution in [-0.4, -0.2) is 26.8 Å². The summed E-state index contributed by atoms with van der Waals surface area (Å²) in [6.07, 6.45) is 3.63. The van der Waals surface area contributed by atoms with Gasteiger partial charge in [-0.15, -0.1) is 0 Å². The van der Waals surface area contributed by atoms with Gasteiger partial charge in [0.25, 0.3) is 0 Å². The Morgan fingerprint density at radius 3 is 2.42 bits per heavy atom. The zero-order valence-electron chi connectivity index (χ0n) is 12.5. The lowest BCUT2D eigenvalue weighted by Crippen LogP contribution is -2.24. The van der Waals surface area contributed by atoms with Gasteiger partial charge in [0.2, 0.25) is 0 Å². The summed E-state index contributed by atoms with van der Waals surface area (Å²) in [5.41, 5.74) is 2.75. The fourth-order valence-electron chi connectivity index (χ4n) is 2.85. The summed E-state index contributed by atoms with van der Waals surface area (Å²) in [5.74, 6) is 2.16. The maximum Gasteiger partial charge on any atom is 0.161 e. The van der Waals surface area contributed by atoms with Crippen LogP contribution in [0.2, 0.25) is 0 Å². The molecule has 3 heteroatoms. The van der Waals surface area contributed by atoms with Gasteiger partial charge in [-0.3, -0.25) is 0 Å². The van der Waals surface area contributed by atoms with E-state index in [0.29, 0.717) is 12.0 Å².